The van der Waals surface area contributed by atoms with Crippen molar-refractivity contribution in [2.24, 2.45) is 17.8 Å². The summed E-state index contributed by atoms with van der Waals surface area (Å²) in [6.45, 7) is -0.541. The summed E-state index contributed by atoms with van der Waals surface area (Å²) in [5.41, 5.74) is 3.19. The van der Waals surface area contributed by atoms with E-state index < -0.39 is 48.9 Å². The van der Waals surface area contributed by atoms with Crippen LogP contribution in [0.2, 0.25) is 6.32 Å². The highest BCUT2D eigenvalue weighted by atomic mass is 16.5. The van der Waals surface area contributed by atoms with E-state index in [1.165, 1.54) is 0 Å². The van der Waals surface area contributed by atoms with Gasteiger partial charge in [-0.15, -0.1) is 0 Å². The van der Waals surface area contributed by atoms with Gasteiger partial charge in [-0.05, 0) is 72.0 Å². The van der Waals surface area contributed by atoms with Crippen LogP contribution in [0.4, 0.5) is 4.79 Å². The number of benzene rings is 1. The number of aliphatic hydroxyl groups excluding tert-OH is 2. The number of imide groups is 3. The van der Waals surface area contributed by atoms with E-state index in [9.17, 15) is 29.6 Å². The molecule has 0 saturated carbocycles. The number of methoxy groups -OCH3 is 1. The normalized spacial score (nSPS) is 25.2. The quantitative estimate of drug-likeness (QED) is 0.277. The molecule has 3 amide bonds. The second-order valence-electron chi connectivity index (χ2n) is 9.99. The zero-order chi connectivity index (χ0) is 27.7. The summed E-state index contributed by atoms with van der Waals surface area (Å²) in [5.74, 6) is -2.48. The molecule has 0 radical (unpaired) electrons. The average Bonchev–Trinajstić information content (AvgIpc) is 3.51. The maximum Gasteiger partial charge on any atom is 0.455 e. The number of nitrogens with zero attached hydrogens (tertiary/aromatic N) is 1. The zero-order valence-corrected chi connectivity index (χ0v) is 21.5. The maximum absolute atomic E-state index is 13.3. The molecule has 4 atom stereocenters. The number of carbonyl (C=O) groups is 3. The number of ether oxygens (including phenoxy) is 1. The molecule has 1 aromatic heterocycles. The van der Waals surface area contributed by atoms with Crippen LogP contribution in [0.15, 0.2) is 58.0 Å². The van der Waals surface area contributed by atoms with Crippen molar-refractivity contribution >= 4 is 36.7 Å². The Balaban J connectivity index is 1.45. The molecular weight excluding hydrogens is 505 g/mol. The summed E-state index contributed by atoms with van der Waals surface area (Å²) >= 11 is 0. The van der Waals surface area contributed by atoms with E-state index in [2.05, 4.69) is 4.74 Å². The Morgan fingerprint density at radius 2 is 1.87 bits per heavy atom. The number of aliphatic hydroxyl groups is 2. The number of likely N-dealkylation sites (tertiary alicyclic amines) is 1. The third-order valence-corrected chi connectivity index (χ3v) is 7.83. The number of hydrogen-bond acceptors (Lipinski definition) is 9. The largest absolute Gasteiger partial charge is 0.459 e. The first kappa shape index (κ1) is 27.1. The minimum Gasteiger partial charge on any atom is -0.459 e. The summed E-state index contributed by atoms with van der Waals surface area (Å²) in [6.07, 6.45) is 1.35. The summed E-state index contributed by atoms with van der Waals surface area (Å²) < 4.78 is 16.3. The molecule has 3 N–H and O–H groups in total. The van der Waals surface area contributed by atoms with Crippen LogP contribution in [0, 0.1) is 17.8 Å². The standard InChI is InChI=1S/C28H30BNO9/c1-37-28(35)30-26(33)21-12-18(14-31)24-22(25(21)27(30)34)13-29(36)39-23(24)10-7-17(16-5-3-2-4-6-16)11-19-8-9-20(15-32)38-19/h2-6,8-9,11,21-23,25,31-32,36H,7,10,12-15H2,1H3/b17-11-/t21-,22+,23-,25-/m1/s1. The van der Waals surface area contributed by atoms with Crippen LogP contribution in [0.3, 0.4) is 0 Å². The van der Waals surface area contributed by atoms with E-state index in [0.717, 1.165) is 18.2 Å². The Morgan fingerprint density at radius 1 is 1.10 bits per heavy atom. The number of amides is 3. The van der Waals surface area contributed by atoms with Crippen molar-refractivity contribution in [2.75, 3.05) is 13.7 Å². The van der Waals surface area contributed by atoms with Gasteiger partial charge < -0.3 is 29.0 Å². The van der Waals surface area contributed by atoms with E-state index in [-0.39, 0.29) is 26.0 Å². The maximum atomic E-state index is 13.3. The summed E-state index contributed by atoms with van der Waals surface area (Å²) in [6, 6.07) is 13.2. The molecule has 3 aliphatic rings. The van der Waals surface area contributed by atoms with Gasteiger partial charge in [-0.25, -0.2) is 4.79 Å². The molecule has 0 bridgehead atoms. The van der Waals surface area contributed by atoms with Gasteiger partial charge in [0.25, 0.3) is 0 Å². The van der Waals surface area contributed by atoms with Crippen molar-refractivity contribution in [3.63, 3.8) is 0 Å². The van der Waals surface area contributed by atoms with Gasteiger partial charge in [0.2, 0.25) is 11.8 Å². The highest BCUT2D eigenvalue weighted by Crippen LogP contribution is 2.50. The molecule has 2 saturated heterocycles. The van der Waals surface area contributed by atoms with Crippen molar-refractivity contribution in [1.29, 1.82) is 0 Å². The van der Waals surface area contributed by atoms with Gasteiger partial charge in [0, 0.05) is 0 Å². The Kier molecular flexibility index (Phi) is 7.85. The molecule has 5 rings (SSSR count). The van der Waals surface area contributed by atoms with Crippen LogP contribution in [-0.4, -0.2) is 65.0 Å². The van der Waals surface area contributed by atoms with E-state index >= 15 is 0 Å². The predicted octanol–water partition coefficient (Wildman–Crippen LogP) is 2.65. The number of carbonyl (C=O) groups excluding carboxylic acids is 3. The average molecular weight is 535 g/mol. The molecule has 10 nitrogen and oxygen atoms in total. The Bertz CT molecular complexity index is 1320. The smallest absolute Gasteiger partial charge is 0.455 e. The van der Waals surface area contributed by atoms with Crippen LogP contribution >= 0.6 is 0 Å². The molecule has 39 heavy (non-hydrogen) atoms. The van der Waals surface area contributed by atoms with E-state index in [1.807, 2.05) is 36.4 Å². The van der Waals surface area contributed by atoms with Crippen molar-refractivity contribution < 1.29 is 43.4 Å². The third-order valence-electron chi connectivity index (χ3n) is 7.83. The fraction of sp³-hybridized carbons (Fsp3) is 0.393. The van der Waals surface area contributed by atoms with Crippen LogP contribution in [0.5, 0.6) is 0 Å². The summed E-state index contributed by atoms with van der Waals surface area (Å²) in [4.78, 5) is 39.0. The monoisotopic (exact) mass is 535 g/mol. The molecule has 11 heteroatoms. The van der Waals surface area contributed by atoms with Gasteiger partial charge in [0.05, 0.1) is 31.7 Å². The highest BCUT2D eigenvalue weighted by Gasteiger charge is 2.59. The second-order valence-corrected chi connectivity index (χ2v) is 9.99. The fourth-order valence-electron chi connectivity index (χ4n) is 6.15. The molecule has 0 spiro atoms. The summed E-state index contributed by atoms with van der Waals surface area (Å²) in [7, 11) is -0.0773. The first-order valence-corrected chi connectivity index (χ1v) is 12.9. The lowest BCUT2D eigenvalue weighted by molar-refractivity contribution is -0.137. The molecule has 2 aromatic rings. The Morgan fingerprint density at radius 3 is 2.54 bits per heavy atom. The van der Waals surface area contributed by atoms with Crippen molar-refractivity contribution in [3.05, 3.63) is 70.7 Å². The first-order chi connectivity index (χ1) is 18.9. The van der Waals surface area contributed by atoms with E-state index in [0.29, 0.717) is 40.4 Å². The number of fused-ring (bicyclic) bond motifs is 3. The van der Waals surface area contributed by atoms with Gasteiger partial charge in [-0.1, -0.05) is 30.3 Å². The molecule has 1 aliphatic carbocycles. The number of allylic oxidation sites excluding steroid dienone is 1. The molecule has 3 heterocycles. The molecule has 1 aromatic carbocycles. The van der Waals surface area contributed by atoms with Crippen molar-refractivity contribution in [3.8, 4) is 0 Å². The van der Waals surface area contributed by atoms with Crippen LogP contribution in [-0.2, 0) is 25.6 Å². The Hall–Kier alpha value is -3.51. The van der Waals surface area contributed by atoms with Crippen molar-refractivity contribution in [2.45, 2.75) is 38.3 Å². The molecule has 2 aliphatic heterocycles. The Labute approximate surface area is 225 Å². The number of rotatable bonds is 7. The highest BCUT2D eigenvalue weighted by molar-refractivity contribution is 6.43. The lowest BCUT2D eigenvalue weighted by Crippen LogP contribution is -2.46. The lowest BCUT2D eigenvalue weighted by Gasteiger charge is -2.42. The minimum absolute atomic E-state index is 0.0717. The molecule has 204 valence electrons. The first-order valence-electron chi connectivity index (χ1n) is 12.9. The van der Waals surface area contributed by atoms with Crippen molar-refractivity contribution in [1.82, 2.24) is 4.90 Å². The van der Waals surface area contributed by atoms with Gasteiger partial charge in [0.15, 0.2) is 0 Å². The molecule has 0 unspecified atom stereocenters. The lowest BCUT2D eigenvalue weighted by atomic mass is 9.58. The van der Waals surface area contributed by atoms with Crippen LogP contribution < -0.4 is 0 Å². The minimum atomic E-state index is -1.18. The van der Waals surface area contributed by atoms with Crippen LogP contribution in [0.1, 0.15) is 36.3 Å². The summed E-state index contributed by atoms with van der Waals surface area (Å²) in [5, 5.41) is 30.3. The SMILES string of the molecule is COC(=O)N1C(=O)[C@@H]2[C@@H](CC(CO)=C3[C@@H](CC/C(=C/c4ccc(CO)o4)c4ccccc4)OB(O)C[C@@H]32)C1=O. The third kappa shape index (κ3) is 5.10. The predicted molar refractivity (Wildman–Crippen MR) is 139 cm³/mol. The van der Waals surface area contributed by atoms with E-state index in [1.54, 1.807) is 12.1 Å². The van der Waals surface area contributed by atoms with Crippen LogP contribution in [0.25, 0.3) is 11.6 Å². The molecule has 2 fully saturated rings. The van der Waals surface area contributed by atoms with Gasteiger partial charge >= 0.3 is 13.2 Å². The number of hydrogen-bond donors (Lipinski definition) is 3. The van der Waals surface area contributed by atoms with Gasteiger partial charge in [-0.2, -0.15) is 4.90 Å². The second kappa shape index (κ2) is 11.3. The topological polar surface area (TPSA) is 147 Å². The zero-order valence-electron chi connectivity index (χ0n) is 21.5. The van der Waals surface area contributed by atoms with Gasteiger partial charge in [-0.3, -0.25) is 9.59 Å². The fourth-order valence-corrected chi connectivity index (χ4v) is 6.15. The molecular formula is C28H30BNO9. The number of furan rings is 1. The van der Waals surface area contributed by atoms with Gasteiger partial charge in [0.1, 0.15) is 18.1 Å². The van der Waals surface area contributed by atoms with E-state index in [4.69, 9.17) is 9.07 Å².